The lowest BCUT2D eigenvalue weighted by atomic mass is 9.85. The van der Waals surface area contributed by atoms with Crippen LogP contribution < -0.4 is 11.3 Å². The van der Waals surface area contributed by atoms with E-state index in [9.17, 15) is 0 Å². The monoisotopic (exact) mass is 275 g/mol. The Morgan fingerprint density at radius 1 is 1.10 bits per heavy atom. The van der Waals surface area contributed by atoms with Crippen molar-refractivity contribution in [1.82, 2.24) is 10.3 Å². The van der Waals surface area contributed by atoms with Crippen molar-refractivity contribution in [2.45, 2.75) is 58.5 Å². The lowest BCUT2D eigenvalue weighted by Crippen LogP contribution is -2.55. The molecule has 0 aromatic heterocycles. The molecule has 112 valence electrons. The van der Waals surface area contributed by atoms with Gasteiger partial charge in [0.1, 0.15) is 0 Å². The van der Waals surface area contributed by atoms with Crippen LogP contribution in [0, 0.1) is 13.8 Å². The van der Waals surface area contributed by atoms with Gasteiger partial charge in [-0.3, -0.25) is 16.2 Å². The average Bonchev–Trinajstić information content (AvgIpc) is 2.44. The number of likely N-dealkylation sites (tertiary alicyclic amines) is 1. The second-order valence-corrected chi connectivity index (χ2v) is 6.64. The van der Waals surface area contributed by atoms with Crippen LogP contribution in [0.4, 0.5) is 0 Å². The third-order valence-electron chi connectivity index (χ3n) is 4.91. The molecule has 0 saturated carbocycles. The zero-order chi connectivity index (χ0) is 14.8. The zero-order valence-electron chi connectivity index (χ0n) is 13.4. The summed E-state index contributed by atoms with van der Waals surface area (Å²) in [6, 6.07) is 6.82. The first kappa shape index (κ1) is 15.5. The number of nitrogens with two attached hydrogens (primary N) is 1. The van der Waals surface area contributed by atoms with Crippen LogP contribution in [0.3, 0.4) is 0 Å². The number of hydrogen-bond donors (Lipinski definition) is 2. The Balaban J connectivity index is 2.27. The van der Waals surface area contributed by atoms with Gasteiger partial charge in [-0.1, -0.05) is 24.6 Å². The molecule has 20 heavy (non-hydrogen) atoms. The summed E-state index contributed by atoms with van der Waals surface area (Å²) >= 11 is 0. The van der Waals surface area contributed by atoms with Gasteiger partial charge in [-0.05, 0) is 70.3 Å². The first-order valence-corrected chi connectivity index (χ1v) is 7.75. The molecule has 0 radical (unpaired) electrons. The van der Waals surface area contributed by atoms with Crippen LogP contribution in [0.1, 0.15) is 55.8 Å². The summed E-state index contributed by atoms with van der Waals surface area (Å²) in [6.07, 6.45) is 3.96. The van der Waals surface area contributed by atoms with E-state index >= 15 is 0 Å². The third kappa shape index (κ3) is 3.05. The number of nitrogens with zero attached hydrogens (tertiary/aromatic N) is 1. The van der Waals surface area contributed by atoms with Crippen LogP contribution in [0.5, 0.6) is 0 Å². The number of piperidine rings is 1. The molecular weight excluding hydrogens is 246 g/mol. The van der Waals surface area contributed by atoms with E-state index in [1.807, 2.05) is 0 Å². The SMILES string of the molecule is Cc1ccc(C(NN)C(C)(C)N2CCCCC2)cc1C. The molecule has 3 nitrogen and oxygen atoms in total. The Hall–Kier alpha value is -0.900. The van der Waals surface area contributed by atoms with Gasteiger partial charge in [0.05, 0.1) is 6.04 Å². The fourth-order valence-electron chi connectivity index (χ4n) is 3.31. The molecule has 1 saturated heterocycles. The normalized spacial score (nSPS) is 19.1. The summed E-state index contributed by atoms with van der Waals surface area (Å²) in [5, 5.41) is 0. The quantitative estimate of drug-likeness (QED) is 0.655. The topological polar surface area (TPSA) is 41.3 Å². The van der Waals surface area contributed by atoms with E-state index in [0.717, 1.165) is 0 Å². The summed E-state index contributed by atoms with van der Waals surface area (Å²) in [7, 11) is 0. The summed E-state index contributed by atoms with van der Waals surface area (Å²) in [5.41, 5.74) is 7.03. The maximum Gasteiger partial charge on any atom is 0.0638 e. The lowest BCUT2D eigenvalue weighted by Gasteiger charge is -2.46. The number of nitrogens with one attached hydrogen (secondary N) is 1. The van der Waals surface area contributed by atoms with E-state index in [1.165, 1.54) is 49.0 Å². The zero-order valence-corrected chi connectivity index (χ0v) is 13.4. The fraction of sp³-hybridized carbons (Fsp3) is 0.647. The molecule has 0 aliphatic carbocycles. The lowest BCUT2D eigenvalue weighted by molar-refractivity contribution is 0.0608. The number of rotatable bonds is 4. The van der Waals surface area contributed by atoms with E-state index in [0.29, 0.717) is 0 Å². The Bertz CT molecular complexity index is 448. The average molecular weight is 275 g/mol. The standard InChI is InChI=1S/C17H29N3/c1-13-8-9-15(12-14(13)2)16(19-18)17(3,4)20-10-6-5-7-11-20/h8-9,12,16,19H,5-7,10-11,18H2,1-4H3. The van der Waals surface area contributed by atoms with E-state index in [4.69, 9.17) is 5.84 Å². The van der Waals surface area contributed by atoms with Crippen LogP contribution >= 0.6 is 0 Å². The highest BCUT2D eigenvalue weighted by Crippen LogP contribution is 2.33. The largest absolute Gasteiger partial charge is 0.296 e. The van der Waals surface area contributed by atoms with Crippen molar-refractivity contribution in [3.8, 4) is 0 Å². The number of hydrogen-bond acceptors (Lipinski definition) is 3. The number of hydrazine groups is 1. The van der Waals surface area contributed by atoms with Gasteiger partial charge in [-0.15, -0.1) is 0 Å². The van der Waals surface area contributed by atoms with Crippen molar-refractivity contribution in [2.75, 3.05) is 13.1 Å². The Labute approximate surface area is 123 Å². The van der Waals surface area contributed by atoms with Gasteiger partial charge in [0, 0.05) is 5.54 Å². The summed E-state index contributed by atoms with van der Waals surface area (Å²) in [4.78, 5) is 2.58. The second-order valence-electron chi connectivity index (χ2n) is 6.64. The maximum atomic E-state index is 5.91. The van der Waals surface area contributed by atoms with Crippen molar-refractivity contribution in [3.63, 3.8) is 0 Å². The Morgan fingerprint density at radius 3 is 2.30 bits per heavy atom. The minimum absolute atomic E-state index is 0.0247. The van der Waals surface area contributed by atoms with Crippen molar-refractivity contribution < 1.29 is 0 Å². The number of benzene rings is 1. The summed E-state index contributed by atoms with van der Waals surface area (Å²) in [5.74, 6) is 5.91. The van der Waals surface area contributed by atoms with Crippen molar-refractivity contribution >= 4 is 0 Å². The molecular formula is C17H29N3. The molecule has 0 bridgehead atoms. The highest BCUT2D eigenvalue weighted by atomic mass is 15.3. The number of aryl methyl sites for hydroxylation is 2. The van der Waals surface area contributed by atoms with Crippen LogP contribution in [-0.2, 0) is 0 Å². The molecule has 0 amide bonds. The van der Waals surface area contributed by atoms with Gasteiger partial charge in [0.2, 0.25) is 0 Å². The smallest absolute Gasteiger partial charge is 0.0638 e. The predicted molar refractivity (Wildman–Crippen MR) is 85.5 cm³/mol. The molecule has 0 spiro atoms. The van der Waals surface area contributed by atoms with Crippen molar-refractivity contribution in [3.05, 3.63) is 34.9 Å². The van der Waals surface area contributed by atoms with Crippen LogP contribution in [-0.4, -0.2) is 23.5 Å². The van der Waals surface area contributed by atoms with Crippen LogP contribution in [0.2, 0.25) is 0 Å². The minimum Gasteiger partial charge on any atom is -0.296 e. The van der Waals surface area contributed by atoms with Gasteiger partial charge in [-0.2, -0.15) is 0 Å². The van der Waals surface area contributed by atoms with Gasteiger partial charge in [0.25, 0.3) is 0 Å². The Morgan fingerprint density at radius 2 is 1.75 bits per heavy atom. The van der Waals surface area contributed by atoms with Crippen molar-refractivity contribution in [2.24, 2.45) is 5.84 Å². The first-order chi connectivity index (χ1) is 9.46. The second kappa shape index (κ2) is 6.25. The maximum absolute atomic E-state index is 5.91. The van der Waals surface area contributed by atoms with Gasteiger partial charge in [0.15, 0.2) is 0 Å². The molecule has 1 unspecified atom stereocenters. The molecule has 1 aromatic carbocycles. The predicted octanol–water partition coefficient (Wildman–Crippen LogP) is 3.07. The molecule has 1 fully saturated rings. The van der Waals surface area contributed by atoms with Gasteiger partial charge >= 0.3 is 0 Å². The molecule has 3 N–H and O–H groups in total. The van der Waals surface area contributed by atoms with Crippen molar-refractivity contribution in [1.29, 1.82) is 0 Å². The fourth-order valence-corrected chi connectivity index (χ4v) is 3.31. The van der Waals surface area contributed by atoms with Crippen LogP contribution in [0.25, 0.3) is 0 Å². The van der Waals surface area contributed by atoms with Crippen LogP contribution in [0.15, 0.2) is 18.2 Å². The molecule has 1 aliphatic rings. The minimum atomic E-state index is 0.0247. The molecule has 1 aliphatic heterocycles. The highest BCUT2D eigenvalue weighted by Gasteiger charge is 2.36. The summed E-state index contributed by atoms with van der Waals surface area (Å²) in [6.45, 7) is 11.3. The van der Waals surface area contributed by atoms with E-state index in [-0.39, 0.29) is 11.6 Å². The summed E-state index contributed by atoms with van der Waals surface area (Å²) < 4.78 is 0. The third-order valence-corrected chi connectivity index (χ3v) is 4.91. The Kier molecular flexibility index (Phi) is 4.84. The van der Waals surface area contributed by atoms with E-state index in [2.05, 4.69) is 56.2 Å². The van der Waals surface area contributed by atoms with E-state index < -0.39 is 0 Å². The molecule has 1 aromatic rings. The molecule has 2 rings (SSSR count). The molecule has 3 heteroatoms. The van der Waals surface area contributed by atoms with E-state index in [1.54, 1.807) is 0 Å². The first-order valence-electron chi connectivity index (χ1n) is 7.75. The van der Waals surface area contributed by atoms with Gasteiger partial charge < -0.3 is 0 Å². The molecule has 1 atom stereocenters. The molecule has 1 heterocycles. The highest BCUT2D eigenvalue weighted by molar-refractivity contribution is 5.33. The van der Waals surface area contributed by atoms with Gasteiger partial charge in [-0.25, -0.2) is 0 Å².